The predicted molar refractivity (Wildman–Crippen MR) is 101 cm³/mol. The van der Waals surface area contributed by atoms with Crippen LogP contribution in [0.15, 0.2) is 71.8 Å². The maximum Gasteiger partial charge on any atom is 0.433 e. The molecule has 0 spiro atoms. The van der Waals surface area contributed by atoms with Gasteiger partial charge in [0.1, 0.15) is 23.0 Å². The number of hydrogen-bond donors (Lipinski definition) is 1. The number of alkyl halides is 3. The van der Waals surface area contributed by atoms with Gasteiger partial charge in [-0.2, -0.15) is 13.2 Å². The largest absolute Gasteiger partial charge is 0.457 e. The smallest absolute Gasteiger partial charge is 0.433 e. The number of pyridine rings is 1. The van der Waals surface area contributed by atoms with Crippen molar-refractivity contribution in [3.63, 3.8) is 0 Å². The number of ether oxygens (including phenoxy) is 1. The van der Waals surface area contributed by atoms with E-state index in [2.05, 4.69) is 15.0 Å². The van der Waals surface area contributed by atoms with E-state index in [0.717, 1.165) is 29.0 Å². The van der Waals surface area contributed by atoms with Gasteiger partial charge >= 0.3 is 6.18 Å². The molecule has 2 heterocycles. The van der Waals surface area contributed by atoms with Gasteiger partial charge in [-0.05, 0) is 36.4 Å². The molecule has 2 aromatic carbocycles. The summed E-state index contributed by atoms with van der Waals surface area (Å²) in [6.45, 7) is 0. The van der Waals surface area contributed by atoms with E-state index in [1.807, 2.05) is 48.5 Å². The number of thioether (sulfide) groups is 1. The van der Waals surface area contributed by atoms with Gasteiger partial charge in [0.05, 0.1) is 16.8 Å². The van der Waals surface area contributed by atoms with Crippen molar-refractivity contribution in [2.24, 2.45) is 0 Å². The molecule has 4 rings (SSSR count). The van der Waals surface area contributed by atoms with Crippen LogP contribution in [0.4, 0.5) is 13.2 Å². The van der Waals surface area contributed by atoms with Crippen LogP contribution in [0.3, 0.4) is 0 Å². The van der Waals surface area contributed by atoms with Crippen LogP contribution in [0.25, 0.3) is 11.0 Å². The van der Waals surface area contributed by atoms with Crippen LogP contribution in [0.1, 0.15) is 11.5 Å². The Balaban J connectivity index is 1.48. The third-order valence-electron chi connectivity index (χ3n) is 3.88. The fourth-order valence-electron chi connectivity index (χ4n) is 2.60. The van der Waals surface area contributed by atoms with Gasteiger partial charge in [0, 0.05) is 17.2 Å². The van der Waals surface area contributed by atoms with Crippen molar-refractivity contribution in [1.29, 1.82) is 0 Å². The molecule has 28 heavy (non-hydrogen) atoms. The Morgan fingerprint density at radius 2 is 1.79 bits per heavy atom. The third kappa shape index (κ3) is 4.28. The van der Waals surface area contributed by atoms with Crippen LogP contribution in [0.2, 0.25) is 0 Å². The molecule has 0 aliphatic rings. The summed E-state index contributed by atoms with van der Waals surface area (Å²) in [7, 11) is 0. The predicted octanol–water partition coefficient (Wildman–Crippen LogP) is 6.06. The first-order valence-corrected chi connectivity index (χ1v) is 9.33. The first-order valence-electron chi connectivity index (χ1n) is 8.35. The number of benzene rings is 2. The number of aromatic nitrogens is 3. The standard InChI is InChI=1S/C20H14F3N3OS/c21-20(22,23)18-11-15(8-9-24-18)28-12-19-25-16-7-6-14(10-17(16)26-19)27-13-4-2-1-3-5-13/h1-11H,12H2,(H,25,26). The molecule has 2 aromatic heterocycles. The van der Waals surface area contributed by atoms with Crippen LogP contribution < -0.4 is 4.74 Å². The second-order valence-corrected chi connectivity index (χ2v) is 6.99. The highest BCUT2D eigenvalue weighted by molar-refractivity contribution is 7.98. The number of fused-ring (bicyclic) bond motifs is 1. The average molecular weight is 401 g/mol. The molecule has 0 atom stereocenters. The van der Waals surface area contributed by atoms with Gasteiger partial charge in [0.15, 0.2) is 0 Å². The maximum atomic E-state index is 12.8. The topological polar surface area (TPSA) is 50.8 Å². The molecule has 0 unspecified atom stereocenters. The van der Waals surface area contributed by atoms with Gasteiger partial charge in [-0.1, -0.05) is 18.2 Å². The molecule has 4 nitrogen and oxygen atoms in total. The molecule has 0 amide bonds. The lowest BCUT2D eigenvalue weighted by Gasteiger charge is -2.06. The Bertz CT molecular complexity index is 1100. The van der Waals surface area contributed by atoms with Crippen LogP contribution in [0.5, 0.6) is 11.5 Å². The minimum Gasteiger partial charge on any atom is -0.457 e. The van der Waals surface area contributed by atoms with Gasteiger partial charge in [0.25, 0.3) is 0 Å². The molecular formula is C20H14F3N3OS. The van der Waals surface area contributed by atoms with Crippen molar-refractivity contribution in [3.05, 3.63) is 78.4 Å². The quantitative estimate of drug-likeness (QED) is 0.413. The summed E-state index contributed by atoms with van der Waals surface area (Å²) in [6.07, 6.45) is -3.29. The van der Waals surface area contributed by atoms with E-state index in [1.54, 1.807) is 6.07 Å². The minimum absolute atomic E-state index is 0.408. The number of halogens is 3. The molecular weight excluding hydrogens is 387 g/mol. The Labute approximate surface area is 162 Å². The van der Waals surface area contributed by atoms with Crippen LogP contribution >= 0.6 is 11.8 Å². The highest BCUT2D eigenvalue weighted by Crippen LogP contribution is 2.31. The SMILES string of the molecule is FC(F)(F)c1cc(SCc2nc3cc(Oc4ccccc4)ccc3[nH]2)ccn1. The first-order chi connectivity index (χ1) is 13.5. The van der Waals surface area contributed by atoms with Crippen LogP contribution in [-0.2, 0) is 11.9 Å². The maximum absolute atomic E-state index is 12.8. The lowest BCUT2D eigenvalue weighted by atomic mass is 10.3. The van der Waals surface area contributed by atoms with Crippen molar-refractivity contribution < 1.29 is 17.9 Å². The zero-order valence-corrected chi connectivity index (χ0v) is 15.2. The Morgan fingerprint density at radius 3 is 2.57 bits per heavy atom. The molecule has 0 saturated heterocycles. The summed E-state index contributed by atoms with van der Waals surface area (Å²) in [5, 5.41) is 0. The fourth-order valence-corrected chi connectivity index (χ4v) is 3.39. The molecule has 0 aliphatic carbocycles. The molecule has 1 N–H and O–H groups in total. The highest BCUT2D eigenvalue weighted by atomic mass is 32.2. The molecule has 0 radical (unpaired) electrons. The summed E-state index contributed by atoms with van der Waals surface area (Å²) < 4.78 is 44.1. The molecule has 4 aromatic rings. The number of hydrogen-bond acceptors (Lipinski definition) is 4. The highest BCUT2D eigenvalue weighted by Gasteiger charge is 2.32. The number of rotatable bonds is 5. The number of aromatic amines is 1. The number of H-pyrrole nitrogens is 1. The summed E-state index contributed by atoms with van der Waals surface area (Å²) in [5.41, 5.74) is 0.668. The molecule has 0 bridgehead atoms. The molecule has 8 heteroatoms. The minimum atomic E-state index is -4.45. The van der Waals surface area contributed by atoms with Crippen LogP contribution in [-0.4, -0.2) is 15.0 Å². The normalized spacial score (nSPS) is 11.7. The van der Waals surface area contributed by atoms with E-state index in [0.29, 0.717) is 22.2 Å². The number of imidazole rings is 1. The second kappa shape index (κ2) is 7.55. The summed E-state index contributed by atoms with van der Waals surface area (Å²) in [4.78, 5) is 11.5. The van der Waals surface area contributed by atoms with E-state index < -0.39 is 11.9 Å². The van der Waals surface area contributed by atoms with E-state index in [-0.39, 0.29) is 0 Å². The Kier molecular flexibility index (Phi) is 4.95. The molecule has 0 fully saturated rings. The van der Waals surface area contributed by atoms with Gasteiger partial charge in [0.2, 0.25) is 0 Å². The van der Waals surface area contributed by atoms with Crippen LogP contribution in [0, 0.1) is 0 Å². The van der Waals surface area contributed by atoms with Gasteiger partial charge in [-0.15, -0.1) is 11.8 Å². The van der Waals surface area contributed by atoms with Crippen molar-refractivity contribution in [1.82, 2.24) is 15.0 Å². The van der Waals surface area contributed by atoms with Crippen molar-refractivity contribution >= 4 is 22.8 Å². The zero-order chi connectivity index (χ0) is 19.6. The Morgan fingerprint density at radius 1 is 0.964 bits per heavy atom. The number of nitrogens with zero attached hydrogens (tertiary/aromatic N) is 2. The van der Waals surface area contributed by atoms with Gasteiger partial charge in [-0.25, -0.2) is 4.98 Å². The molecule has 0 aliphatic heterocycles. The number of nitrogens with one attached hydrogen (secondary N) is 1. The Hall–Kier alpha value is -3.00. The lowest BCUT2D eigenvalue weighted by molar-refractivity contribution is -0.141. The van der Waals surface area contributed by atoms with E-state index >= 15 is 0 Å². The second-order valence-electron chi connectivity index (χ2n) is 5.94. The fraction of sp³-hybridized carbons (Fsp3) is 0.100. The third-order valence-corrected chi connectivity index (χ3v) is 4.88. The first kappa shape index (κ1) is 18.4. The van der Waals surface area contributed by atoms with Crippen molar-refractivity contribution in [2.75, 3.05) is 0 Å². The zero-order valence-electron chi connectivity index (χ0n) is 14.4. The van der Waals surface area contributed by atoms with Crippen molar-refractivity contribution in [2.45, 2.75) is 16.8 Å². The summed E-state index contributed by atoms with van der Waals surface area (Å²) >= 11 is 1.26. The van der Waals surface area contributed by atoms with Gasteiger partial charge < -0.3 is 9.72 Å². The molecule has 0 saturated carbocycles. The number of para-hydroxylation sites is 1. The van der Waals surface area contributed by atoms with E-state index in [9.17, 15) is 13.2 Å². The van der Waals surface area contributed by atoms with E-state index in [4.69, 9.17) is 4.74 Å². The monoisotopic (exact) mass is 401 g/mol. The average Bonchev–Trinajstić information content (AvgIpc) is 3.09. The molecule has 142 valence electrons. The summed E-state index contributed by atoms with van der Waals surface area (Å²) in [5.74, 6) is 2.46. The van der Waals surface area contributed by atoms with Gasteiger partial charge in [-0.3, -0.25) is 4.98 Å². The van der Waals surface area contributed by atoms with E-state index in [1.165, 1.54) is 11.8 Å². The summed E-state index contributed by atoms with van der Waals surface area (Å²) in [6, 6.07) is 17.5. The van der Waals surface area contributed by atoms with Crippen molar-refractivity contribution in [3.8, 4) is 11.5 Å². The lowest BCUT2D eigenvalue weighted by Crippen LogP contribution is -2.07.